The monoisotopic (exact) mass is 350 g/mol. The van der Waals surface area contributed by atoms with Crippen molar-refractivity contribution in [3.8, 4) is 11.3 Å². The fourth-order valence-electron chi connectivity index (χ4n) is 2.42. The van der Waals surface area contributed by atoms with Crippen LogP contribution in [-0.4, -0.2) is 29.1 Å². The summed E-state index contributed by atoms with van der Waals surface area (Å²) in [4.78, 5) is 11.1. The second kappa shape index (κ2) is 6.07. The Balaban J connectivity index is 1.87. The summed E-state index contributed by atoms with van der Waals surface area (Å²) in [6.07, 6.45) is 3.65. The molecule has 0 saturated carbocycles. The van der Waals surface area contributed by atoms with Gasteiger partial charge in [-0.2, -0.15) is 0 Å². The highest BCUT2D eigenvalue weighted by atomic mass is 79.9. The van der Waals surface area contributed by atoms with Crippen molar-refractivity contribution in [2.75, 3.05) is 18.0 Å². The van der Waals surface area contributed by atoms with Crippen molar-refractivity contribution < 1.29 is 4.39 Å². The quantitative estimate of drug-likeness (QED) is 0.904. The van der Waals surface area contributed by atoms with Crippen molar-refractivity contribution in [3.05, 3.63) is 40.8 Å². The van der Waals surface area contributed by atoms with E-state index in [0.29, 0.717) is 10.4 Å². The number of halogens is 2. The molecule has 1 saturated heterocycles. The minimum Gasteiger partial charge on any atom is -0.341 e. The zero-order valence-electron chi connectivity index (χ0n) is 11.5. The van der Waals surface area contributed by atoms with Gasteiger partial charge in [0, 0.05) is 30.9 Å². The van der Waals surface area contributed by atoms with Gasteiger partial charge in [0.05, 0.1) is 10.2 Å². The van der Waals surface area contributed by atoms with Crippen LogP contribution in [0.25, 0.3) is 11.3 Å². The third-order valence-corrected chi connectivity index (χ3v) is 4.29. The number of piperidine rings is 1. The maximum absolute atomic E-state index is 13.3. The van der Waals surface area contributed by atoms with E-state index < -0.39 is 0 Å². The number of hydrogen-bond acceptors (Lipinski definition) is 4. The van der Waals surface area contributed by atoms with Crippen molar-refractivity contribution in [1.29, 1.82) is 0 Å². The Morgan fingerprint density at radius 2 is 2.00 bits per heavy atom. The highest BCUT2D eigenvalue weighted by Gasteiger charge is 2.18. The van der Waals surface area contributed by atoms with Crippen LogP contribution in [0.3, 0.4) is 0 Å². The number of rotatable bonds is 2. The van der Waals surface area contributed by atoms with E-state index in [2.05, 4.69) is 30.8 Å². The van der Waals surface area contributed by atoms with Crippen LogP contribution in [0, 0.1) is 5.82 Å². The molecule has 1 aromatic carbocycles. The second-order valence-electron chi connectivity index (χ2n) is 5.20. The SMILES string of the molecule is NC1CCN(c2nccc(-c3ccc(F)c(Br)c3)n2)CC1. The van der Waals surface area contributed by atoms with Crippen molar-refractivity contribution in [1.82, 2.24) is 9.97 Å². The Bertz CT molecular complexity index is 641. The lowest BCUT2D eigenvalue weighted by atomic mass is 10.1. The number of benzene rings is 1. The molecule has 0 aliphatic carbocycles. The lowest BCUT2D eigenvalue weighted by Gasteiger charge is -2.30. The summed E-state index contributed by atoms with van der Waals surface area (Å²) in [6.45, 7) is 1.75. The molecule has 0 unspecified atom stereocenters. The molecule has 21 heavy (non-hydrogen) atoms. The zero-order valence-corrected chi connectivity index (χ0v) is 13.1. The third kappa shape index (κ3) is 3.22. The van der Waals surface area contributed by atoms with Gasteiger partial charge in [-0.1, -0.05) is 0 Å². The summed E-state index contributed by atoms with van der Waals surface area (Å²) in [5, 5.41) is 0. The lowest BCUT2D eigenvalue weighted by molar-refractivity contribution is 0.495. The molecule has 6 heteroatoms. The number of hydrogen-bond donors (Lipinski definition) is 1. The third-order valence-electron chi connectivity index (χ3n) is 3.68. The first-order valence-corrected chi connectivity index (χ1v) is 7.72. The molecule has 1 aliphatic rings. The van der Waals surface area contributed by atoms with Crippen LogP contribution < -0.4 is 10.6 Å². The van der Waals surface area contributed by atoms with Gasteiger partial charge in [0.25, 0.3) is 0 Å². The predicted octanol–water partition coefficient (Wildman–Crippen LogP) is 2.97. The molecule has 3 rings (SSSR count). The van der Waals surface area contributed by atoms with E-state index in [0.717, 1.165) is 37.2 Å². The topological polar surface area (TPSA) is 55.0 Å². The lowest BCUT2D eigenvalue weighted by Crippen LogP contribution is -2.40. The standard InChI is InChI=1S/C15H16BrFN4/c16-12-9-10(1-2-13(12)17)14-3-6-19-15(20-14)21-7-4-11(18)5-8-21/h1-3,6,9,11H,4-5,7-8,18H2. The maximum Gasteiger partial charge on any atom is 0.225 e. The van der Waals surface area contributed by atoms with Gasteiger partial charge in [0.2, 0.25) is 5.95 Å². The largest absolute Gasteiger partial charge is 0.341 e. The van der Waals surface area contributed by atoms with Crippen LogP contribution in [0.15, 0.2) is 34.9 Å². The Kier molecular flexibility index (Phi) is 4.17. The average molecular weight is 351 g/mol. The Morgan fingerprint density at radius 3 is 2.71 bits per heavy atom. The molecule has 110 valence electrons. The van der Waals surface area contributed by atoms with Crippen LogP contribution in [-0.2, 0) is 0 Å². The molecule has 2 heterocycles. The van der Waals surface area contributed by atoms with Gasteiger partial charge >= 0.3 is 0 Å². The predicted molar refractivity (Wildman–Crippen MR) is 84.5 cm³/mol. The van der Waals surface area contributed by atoms with Gasteiger partial charge in [-0.05, 0) is 53.0 Å². The van der Waals surface area contributed by atoms with E-state index in [-0.39, 0.29) is 11.9 Å². The minimum atomic E-state index is -0.280. The molecule has 1 fully saturated rings. The van der Waals surface area contributed by atoms with E-state index in [1.165, 1.54) is 6.07 Å². The summed E-state index contributed by atoms with van der Waals surface area (Å²) in [6, 6.07) is 6.99. The molecule has 0 radical (unpaired) electrons. The van der Waals surface area contributed by atoms with E-state index in [4.69, 9.17) is 5.73 Å². The number of anilines is 1. The molecule has 0 amide bonds. The number of nitrogens with two attached hydrogens (primary N) is 1. The molecule has 1 aliphatic heterocycles. The van der Waals surface area contributed by atoms with Crippen LogP contribution in [0.4, 0.5) is 10.3 Å². The summed E-state index contributed by atoms with van der Waals surface area (Å²) in [7, 11) is 0. The van der Waals surface area contributed by atoms with Gasteiger partial charge < -0.3 is 10.6 Å². The van der Waals surface area contributed by atoms with Gasteiger partial charge in [0.15, 0.2) is 0 Å². The fourth-order valence-corrected chi connectivity index (χ4v) is 2.80. The molecule has 0 spiro atoms. The number of aromatic nitrogens is 2. The van der Waals surface area contributed by atoms with E-state index >= 15 is 0 Å². The van der Waals surface area contributed by atoms with E-state index in [1.54, 1.807) is 18.3 Å². The smallest absolute Gasteiger partial charge is 0.225 e. The molecular weight excluding hydrogens is 335 g/mol. The summed E-state index contributed by atoms with van der Waals surface area (Å²) >= 11 is 3.20. The minimum absolute atomic E-state index is 0.275. The van der Waals surface area contributed by atoms with Crippen molar-refractivity contribution in [2.24, 2.45) is 5.73 Å². The Labute approximate surface area is 131 Å². The fraction of sp³-hybridized carbons (Fsp3) is 0.333. The van der Waals surface area contributed by atoms with Gasteiger partial charge in [-0.15, -0.1) is 0 Å². The van der Waals surface area contributed by atoms with Gasteiger partial charge in [-0.25, -0.2) is 14.4 Å². The van der Waals surface area contributed by atoms with E-state index in [9.17, 15) is 4.39 Å². The van der Waals surface area contributed by atoms with Crippen LogP contribution in [0.5, 0.6) is 0 Å². The average Bonchev–Trinajstić information content (AvgIpc) is 2.51. The molecule has 0 atom stereocenters. The Hall–Kier alpha value is -1.53. The first kappa shape index (κ1) is 14.4. The summed E-state index contributed by atoms with van der Waals surface area (Å²) < 4.78 is 13.8. The van der Waals surface area contributed by atoms with Crippen molar-refractivity contribution in [2.45, 2.75) is 18.9 Å². The second-order valence-corrected chi connectivity index (χ2v) is 6.05. The normalized spacial score (nSPS) is 16.2. The summed E-state index contributed by atoms with van der Waals surface area (Å²) in [5.74, 6) is 0.429. The molecular formula is C15H16BrFN4. The van der Waals surface area contributed by atoms with Crippen LogP contribution in [0.1, 0.15) is 12.8 Å². The van der Waals surface area contributed by atoms with Crippen molar-refractivity contribution in [3.63, 3.8) is 0 Å². The Morgan fingerprint density at radius 1 is 1.24 bits per heavy atom. The molecule has 0 bridgehead atoms. The first-order chi connectivity index (χ1) is 10.1. The van der Waals surface area contributed by atoms with E-state index in [1.807, 2.05) is 6.07 Å². The zero-order chi connectivity index (χ0) is 14.8. The maximum atomic E-state index is 13.3. The highest BCUT2D eigenvalue weighted by Crippen LogP contribution is 2.25. The van der Waals surface area contributed by atoms with Crippen LogP contribution >= 0.6 is 15.9 Å². The number of nitrogens with zero attached hydrogens (tertiary/aromatic N) is 3. The molecule has 2 N–H and O–H groups in total. The molecule has 1 aromatic heterocycles. The van der Waals surface area contributed by atoms with Gasteiger partial charge in [0.1, 0.15) is 5.82 Å². The molecule has 2 aromatic rings. The van der Waals surface area contributed by atoms with Gasteiger partial charge in [-0.3, -0.25) is 0 Å². The van der Waals surface area contributed by atoms with Crippen LogP contribution in [0.2, 0.25) is 0 Å². The highest BCUT2D eigenvalue weighted by molar-refractivity contribution is 9.10. The first-order valence-electron chi connectivity index (χ1n) is 6.92. The summed E-state index contributed by atoms with van der Waals surface area (Å²) in [5.41, 5.74) is 7.57. The molecule has 4 nitrogen and oxygen atoms in total. The van der Waals surface area contributed by atoms with Crippen molar-refractivity contribution >= 4 is 21.9 Å².